The standard InChI is InChI=1S/C21H15Cl2N5OS/c22-19-20(23)28(13-26-19)17-6-4-16(5-7-17)27-21(29)15-3-1-2-14(10-15)12-30-18-11-24-8-9-25-18/h1-11,13H,12H2,(H,27,29). The summed E-state index contributed by atoms with van der Waals surface area (Å²) in [7, 11) is 0. The lowest BCUT2D eigenvalue weighted by Crippen LogP contribution is -2.12. The molecule has 0 saturated heterocycles. The van der Waals surface area contributed by atoms with Gasteiger partial charge in [0.25, 0.3) is 5.91 Å². The zero-order valence-corrected chi connectivity index (χ0v) is 17.8. The predicted molar refractivity (Wildman–Crippen MR) is 120 cm³/mol. The number of anilines is 1. The van der Waals surface area contributed by atoms with Gasteiger partial charge in [0, 0.05) is 35.1 Å². The number of thioether (sulfide) groups is 1. The van der Waals surface area contributed by atoms with Gasteiger partial charge in [0.1, 0.15) is 11.4 Å². The van der Waals surface area contributed by atoms with Crippen LogP contribution in [0.5, 0.6) is 0 Å². The molecule has 1 amide bonds. The largest absolute Gasteiger partial charge is 0.322 e. The molecule has 30 heavy (non-hydrogen) atoms. The Hall–Kier alpha value is -2.87. The van der Waals surface area contributed by atoms with Gasteiger partial charge in [-0.2, -0.15) is 0 Å². The zero-order chi connectivity index (χ0) is 20.9. The van der Waals surface area contributed by atoms with E-state index in [-0.39, 0.29) is 11.1 Å². The highest BCUT2D eigenvalue weighted by molar-refractivity contribution is 7.98. The molecule has 0 atom stereocenters. The number of nitrogens with zero attached hydrogens (tertiary/aromatic N) is 4. The monoisotopic (exact) mass is 455 g/mol. The van der Waals surface area contributed by atoms with Gasteiger partial charge in [-0.05, 0) is 42.0 Å². The number of halogens is 2. The van der Waals surface area contributed by atoms with Gasteiger partial charge in [-0.15, -0.1) is 11.8 Å². The van der Waals surface area contributed by atoms with Gasteiger partial charge in [-0.1, -0.05) is 35.3 Å². The average molecular weight is 456 g/mol. The Labute approximate surface area is 187 Å². The number of carbonyl (C=O) groups excluding carboxylic acids is 1. The Morgan fingerprint density at radius 3 is 2.60 bits per heavy atom. The minimum atomic E-state index is -0.183. The van der Waals surface area contributed by atoms with Gasteiger partial charge in [-0.25, -0.2) is 9.97 Å². The topological polar surface area (TPSA) is 72.7 Å². The maximum absolute atomic E-state index is 12.7. The Morgan fingerprint density at radius 2 is 1.90 bits per heavy atom. The first kappa shape index (κ1) is 20.4. The van der Waals surface area contributed by atoms with Crippen molar-refractivity contribution in [2.45, 2.75) is 10.8 Å². The number of imidazole rings is 1. The summed E-state index contributed by atoms with van der Waals surface area (Å²) in [5.41, 5.74) is 3.08. The van der Waals surface area contributed by atoms with Crippen molar-refractivity contribution in [2.75, 3.05) is 5.32 Å². The van der Waals surface area contributed by atoms with Crippen molar-refractivity contribution in [1.82, 2.24) is 19.5 Å². The lowest BCUT2D eigenvalue weighted by Gasteiger charge is -2.09. The number of aromatic nitrogens is 4. The van der Waals surface area contributed by atoms with Gasteiger partial charge >= 0.3 is 0 Å². The van der Waals surface area contributed by atoms with Gasteiger partial charge in [0.2, 0.25) is 0 Å². The van der Waals surface area contributed by atoms with E-state index in [2.05, 4.69) is 20.3 Å². The molecule has 6 nitrogen and oxygen atoms in total. The fraction of sp³-hybridized carbons (Fsp3) is 0.0476. The SMILES string of the molecule is O=C(Nc1ccc(-n2cnc(Cl)c2Cl)cc1)c1cccc(CSc2cnccn2)c1. The smallest absolute Gasteiger partial charge is 0.255 e. The van der Waals surface area contributed by atoms with E-state index < -0.39 is 0 Å². The summed E-state index contributed by atoms with van der Waals surface area (Å²) in [5, 5.41) is 4.32. The highest BCUT2D eigenvalue weighted by atomic mass is 35.5. The van der Waals surface area contributed by atoms with Crippen LogP contribution >= 0.6 is 35.0 Å². The first-order valence-electron chi connectivity index (χ1n) is 8.88. The van der Waals surface area contributed by atoms with Crippen LogP contribution in [0.15, 0.2) is 78.5 Å². The highest BCUT2D eigenvalue weighted by Crippen LogP contribution is 2.25. The molecule has 9 heteroatoms. The third-order valence-corrected chi connectivity index (χ3v) is 5.91. The third-order valence-electron chi connectivity index (χ3n) is 4.19. The van der Waals surface area contributed by atoms with E-state index in [0.717, 1.165) is 16.3 Å². The number of hydrogen-bond donors (Lipinski definition) is 1. The highest BCUT2D eigenvalue weighted by Gasteiger charge is 2.10. The maximum Gasteiger partial charge on any atom is 0.255 e. The Bertz CT molecular complexity index is 1170. The molecule has 2 aromatic heterocycles. The average Bonchev–Trinajstić information content (AvgIpc) is 3.12. The predicted octanol–water partition coefficient (Wildman–Crippen LogP) is 5.51. The number of benzene rings is 2. The van der Waals surface area contributed by atoms with E-state index in [9.17, 15) is 4.79 Å². The molecule has 0 fully saturated rings. The molecule has 0 aliphatic heterocycles. The van der Waals surface area contributed by atoms with Crippen LogP contribution < -0.4 is 5.32 Å². The molecule has 0 unspecified atom stereocenters. The Morgan fingerprint density at radius 1 is 1.07 bits per heavy atom. The van der Waals surface area contributed by atoms with Crippen molar-refractivity contribution in [1.29, 1.82) is 0 Å². The van der Waals surface area contributed by atoms with Crippen LogP contribution in [0.1, 0.15) is 15.9 Å². The van der Waals surface area contributed by atoms with Gasteiger partial charge in [0.05, 0.1) is 6.20 Å². The molecule has 1 N–H and O–H groups in total. The van der Waals surface area contributed by atoms with Crippen molar-refractivity contribution >= 4 is 46.6 Å². The summed E-state index contributed by atoms with van der Waals surface area (Å²) in [6, 6.07) is 14.8. The van der Waals surface area contributed by atoms with Crippen molar-refractivity contribution in [2.24, 2.45) is 0 Å². The van der Waals surface area contributed by atoms with Gasteiger partial charge in [-0.3, -0.25) is 14.3 Å². The minimum absolute atomic E-state index is 0.183. The minimum Gasteiger partial charge on any atom is -0.322 e. The number of carbonyl (C=O) groups is 1. The zero-order valence-electron chi connectivity index (χ0n) is 15.5. The van der Waals surface area contributed by atoms with E-state index >= 15 is 0 Å². The Balaban J connectivity index is 1.42. The van der Waals surface area contributed by atoms with Gasteiger partial charge in [0.15, 0.2) is 10.3 Å². The van der Waals surface area contributed by atoms with Crippen molar-refractivity contribution in [3.8, 4) is 5.69 Å². The van der Waals surface area contributed by atoms with Crippen molar-refractivity contribution in [3.05, 3.63) is 94.9 Å². The van der Waals surface area contributed by atoms with E-state index in [1.807, 2.05) is 30.3 Å². The maximum atomic E-state index is 12.7. The second kappa shape index (κ2) is 9.30. The van der Waals surface area contributed by atoms with E-state index in [4.69, 9.17) is 23.2 Å². The van der Waals surface area contributed by atoms with Gasteiger partial charge < -0.3 is 5.32 Å². The molecule has 0 aliphatic carbocycles. The van der Waals surface area contributed by atoms with Crippen LogP contribution in [0.25, 0.3) is 5.69 Å². The molecule has 4 aromatic rings. The molecule has 0 spiro atoms. The molecule has 4 rings (SSSR count). The fourth-order valence-electron chi connectivity index (χ4n) is 2.72. The third kappa shape index (κ3) is 4.81. The van der Waals surface area contributed by atoms with Crippen LogP contribution in [0.2, 0.25) is 10.3 Å². The van der Waals surface area contributed by atoms with E-state index in [1.165, 1.54) is 0 Å². The molecule has 0 aliphatic rings. The second-order valence-electron chi connectivity index (χ2n) is 6.23. The molecule has 2 aromatic carbocycles. The number of hydrogen-bond acceptors (Lipinski definition) is 5. The summed E-state index contributed by atoms with van der Waals surface area (Å²) in [6.45, 7) is 0. The lowest BCUT2D eigenvalue weighted by atomic mass is 10.1. The molecule has 2 heterocycles. The first-order chi connectivity index (χ1) is 14.6. The van der Waals surface area contributed by atoms with Crippen molar-refractivity contribution in [3.63, 3.8) is 0 Å². The van der Waals surface area contributed by atoms with Crippen LogP contribution in [0.4, 0.5) is 5.69 Å². The lowest BCUT2D eigenvalue weighted by molar-refractivity contribution is 0.102. The summed E-state index contributed by atoms with van der Waals surface area (Å²) in [5.74, 6) is 0.515. The number of rotatable bonds is 6. The normalized spacial score (nSPS) is 10.7. The summed E-state index contributed by atoms with van der Waals surface area (Å²) in [6.07, 6.45) is 6.56. The molecule has 0 saturated carbocycles. The fourth-order valence-corrected chi connectivity index (χ4v) is 3.81. The summed E-state index contributed by atoms with van der Waals surface area (Å²) < 4.78 is 1.66. The molecular weight excluding hydrogens is 441 g/mol. The second-order valence-corrected chi connectivity index (χ2v) is 7.94. The van der Waals surface area contributed by atoms with E-state index in [0.29, 0.717) is 22.2 Å². The molecular formula is C21H15Cl2N5OS. The van der Waals surface area contributed by atoms with Crippen LogP contribution in [-0.2, 0) is 5.75 Å². The quantitative estimate of drug-likeness (QED) is 0.387. The first-order valence-corrected chi connectivity index (χ1v) is 10.6. The molecule has 150 valence electrons. The van der Waals surface area contributed by atoms with Crippen LogP contribution in [0.3, 0.4) is 0 Å². The summed E-state index contributed by atoms with van der Waals surface area (Å²) in [4.78, 5) is 24.9. The van der Waals surface area contributed by atoms with E-state index in [1.54, 1.807) is 59.4 Å². The number of nitrogens with one attached hydrogen (secondary N) is 1. The Kier molecular flexibility index (Phi) is 6.32. The molecule has 0 radical (unpaired) electrons. The number of amides is 1. The van der Waals surface area contributed by atoms with Crippen LogP contribution in [0, 0.1) is 0 Å². The van der Waals surface area contributed by atoms with Crippen molar-refractivity contribution < 1.29 is 4.79 Å². The van der Waals surface area contributed by atoms with Crippen LogP contribution in [-0.4, -0.2) is 25.4 Å². The summed E-state index contributed by atoms with van der Waals surface area (Å²) >= 11 is 13.6. The molecule has 0 bridgehead atoms.